The minimum atomic E-state index is -0.330. The average Bonchev–Trinajstić information content (AvgIpc) is 2.60. The van der Waals surface area contributed by atoms with Crippen molar-refractivity contribution in [1.82, 2.24) is 5.32 Å². The fourth-order valence-corrected chi connectivity index (χ4v) is 3.06. The lowest BCUT2D eigenvalue weighted by molar-refractivity contribution is -0.121. The zero-order chi connectivity index (χ0) is 19.6. The van der Waals surface area contributed by atoms with Gasteiger partial charge in [-0.25, -0.2) is 4.79 Å². The van der Waals surface area contributed by atoms with Crippen LogP contribution in [0.3, 0.4) is 0 Å². The number of hydrogen-bond acceptors (Lipinski definition) is 3. The second kappa shape index (κ2) is 7.31. The second-order valence-electron chi connectivity index (χ2n) is 7.65. The number of carbonyl (C=O) groups is 2. The van der Waals surface area contributed by atoms with Crippen LogP contribution in [-0.2, 0) is 4.79 Å². The molecule has 2 N–H and O–H groups in total. The lowest BCUT2D eigenvalue weighted by atomic mass is 10.0. The summed E-state index contributed by atoms with van der Waals surface area (Å²) in [7, 11) is 0. The normalized spacial score (nSPS) is 14.8. The molecule has 2 aromatic carbocycles. The largest absolute Gasteiger partial charge is 0.481 e. The van der Waals surface area contributed by atoms with Crippen LogP contribution < -0.4 is 20.3 Å². The lowest BCUT2D eigenvalue weighted by Gasteiger charge is -2.34. The van der Waals surface area contributed by atoms with Crippen LogP contribution in [-0.4, -0.2) is 24.1 Å². The molecule has 0 fully saturated rings. The first-order valence-corrected chi connectivity index (χ1v) is 8.97. The van der Waals surface area contributed by atoms with E-state index in [4.69, 9.17) is 4.74 Å². The molecule has 1 atom stereocenters. The van der Waals surface area contributed by atoms with Crippen LogP contribution >= 0.6 is 0 Å². The van der Waals surface area contributed by atoms with Crippen molar-refractivity contribution in [2.24, 2.45) is 0 Å². The molecular weight excluding hydrogens is 342 g/mol. The van der Waals surface area contributed by atoms with Gasteiger partial charge in [0.1, 0.15) is 5.75 Å². The van der Waals surface area contributed by atoms with Crippen LogP contribution in [0.4, 0.5) is 16.2 Å². The molecule has 1 aliphatic heterocycles. The molecule has 6 heteroatoms. The summed E-state index contributed by atoms with van der Waals surface area (Å²) in [6.07, 6.45) is 0. The zero-order valence-electron chi connectivity index (χ0n) is 16.1. The van der Waals surface area contributed by atoms with Crippen LogP contribution in [0.25, 0.3) is 0 Å². The number of anilines is 2. The SMILES string of the molecule is C[C@H](c1ccccc1)N1C(=O)COc2cc(NC(=O)NC(C)(C)C)ccc21. The van der Waals surface area contributed by atoms with E-state index < -0.39 is 0 Å². The number of rotatable bonds is 3. The third-order valence-corrected chi connectivity index (χ3v) is 4.25. The van der Waals surface area contributed by atoms with Crippen molar-refractivity contribution < 1.29 is 14.3 Å². The van der Waals surface area contributed by atoms with Gasteiger partial charge in [0.25, 0.3) is 5.91 Å². The van der Waals surface area contributed by atoms with E-state index in [0.717, 1.165) is 5.56 Å². The van der Waals surface area contributed by atoms with Crippen molar-refractivity contribution in [2.75, 3.05) is 16.8 Å². The van der Waals surface area contributed by atoms with Crippen LogP contribution in [0.5, 0.6) is 5.75 Å². The van der Waals surface area contributed by atoms with Gasteiger partial charge in [0, 0.05) is 17.3 Å². The van der Waals surface area contributed by atoms with Gasteiger partial charge in [-0.15, -0.1) is 0 Å². The summed E-state index contributed by atoms with van der Waals surface area (Å²) < 4.78 is 5.61. The van der Waals surface area contributed by atoms with Crippen molar-refractivity contribution in [3.63, 3.8) is 0 Å². The van der Waals surface area contributed by atoms with Gasteiger partial charge in [-0.2, -0.15) is 0 Å². The van der Waals surface area contributed by atoms with Crippen LogP contribution in [0.2, 0.25) is 0 Å². The first kappa shape index (κ1) is 18.8. The Morgan fingerprint density at radius 3 is 2.52 bits per heavy atom. The molecule has 27 heavy (non-hydrogen) atoms. The van der Waals surface area contributed by atoms with Crippen molar-refractivity contribution in [3.8, 4) is 5.75 Å². The lowest BCUT2D eigenvalue weighted by Crippen LogP contribution is -2.43. The van der Waals surface area contributed by atoms with Gasteiger partial charge in [-0.3, -0.25) is 9.69 Å². The van der Waals surface area contributed by atoms with Gasteiger partial charge in [-0.1, -0.05) is 30.3 Å². The molecular formula is C21H25N3O3. The van der Waals surface area contributed by atoms with E-state index in [1.165, 1.54) is 0 Å². The maximum atomic E-state index is 12.5. The molecule has 6 nitrogen and oxygen atoms in total. The average molecular weight is 367 g/mol. The van der Waals surface area contributed by atoms with Gasteiger partial charge < -0.3 is 15.4 Å². The van der Waals surface area contributed by atoms with E-state index in [2.05, 4.69) is 10.6 Å². The molecule has 1 aliphatic rings. The quantitative estimate of drug-likeness (QED) is 0.858. The number of carbonyl (C=O) groups excluding carboxylic acids is 2. The summed E-state index contributed by atoms with van der Waals surface area (Å²) in [6.45, 7) is 7.71. The number of nitrogens with zero attached hydrogens (tertiary/aromatic N) is 1. The number of amides is 3. The fourth-order valence-electron chi connectivity index (χ4n) is 3.06. The predicted octanol–water partition coefficient (Wildman–Crippen LogP) is 4.09. The first-order valence-electron chi connectivity index (χ1n) is 8.97. The number of nitrogens with one attached hydrogen (secondary N) is 2. The highest BCUT2D eigenvalue weighted by Crippen LogP contribution is 2.39. The smallest absolute Gasteiger partial charge is 0.319 e. The van der Waals surface area contributed by atoms with E-state index in [9.17, 15) is 9.59 Å². The van der Waals surface area contributed by atoms with E-state index in [1.54, 1.807) is 23.1 Å². The Kier molecular flexibility index (Phi) is 5.08. The van der Waals surface area contributed by atoms with E-state index in [-0.39, 0.29) is 30.1 Å². The van der Waals surface area contributed by atoms with Crippen LogP contribution in [0, 0.1) is 0 Å². The van der Waals surface area contributed by atoms with Gasteiger partial charge in [-0.05, 0) is 45.4 Å². The second-order valence-corrected chi connectivity index (χ2v) is 7.65. The van der Waals surface area contributed by atoms with Gasteiger partial charge in [0.05, 0.1) is 11.7 Å². The Hall–Kier alpha value is -3.02. The maximum Gasteiger partial charge on any atom is 0.319 e. The van der Waals surface area contributed by atoms with Gasteiger partial charge >= 0.3 is 6.03 Å². The Morgan fingerprint density at radius 1 is 1.15 bits per heavy atom. The highest BCUT2D eigenvalue weighted by Gasteiger charge is 2.30. The minimum Gasteiger partial charge on any atom is -0.481 e. The summed E-state index contributed by atoms with van der Waals surface area (Å²) in [4.78, 5) is 26.3. The van der Waals surface area contributed by atoms with Crippen molar-refractivity contribution in [1.29, 1.82) is 0 Å². The zero-order valence-corrected chi connectivity index (χ0v) is 16.1. The molecule has 0 spiro atoms. The predicted molar refractivity (Wildman–Crippen MR) is 106 cm³/mol. The number of hydrogen-bond donors (Lipinski definition) is 2. The summed E-state index contributed by atoms with van der Waals surface area (Å²) in [5.41, 5.74) is 2.02. The van der Waals surface area contributed by atoms with Crippen LogP contribution in [0.15, 0.2) is 48.5 Å². The number of ether oxygens (including phenoxy) is 1. The fraction of sp³-hybridized carbons (Fsp3) is 0.333. The molecule has 2 aromatic rings. The van der Waals surface area contributed by atoms with Gasteiger partial charge in [0.2, 0.25) is 0 Å². The van der Waals surface area contributed by atoms with Crippen molar-refractivity contribution >= 4 is 23.3 Å². The van der Waals surface area contributed by atoms with E-state index in [0.29, 0.717) is 17.1 Å². The Bertz CT molecular complexity index is 843. The Labute approximate surface area is 159 Å². The maximum absolute atomic E-state index is 12.5. The number of fused-ring (bicyclic) bond motifs is 1. The molecule has 0 saturated carbocycles. The summed E-state index contributed by atoms with van der Waals surface area (Å²) in [5.74, 6) is 0.482. The molecule has 3 rings (SSSR count). The number of urea groups is 1. The monoisotopic (exact) mass is 367 g/mol. The van der Waals surface area contributed by atoms with Crippen LogP contribution in [0.1, 0.15) is 39.3 Å². The highest BCUT2D eigenvalue weighted by molar-refractivity contribution is 5.99. The highest BCUT2D eigenvalue weighted by atomic mass is 16.5. The topological polar surface area (TPSA) is 70.7 Å². The molecule has 0 saturated heterocycles. The Morgan fingerprint density at radius 2 is 1.85 bits per heavy atom. The molecule has 0 aromatic heterocycles. The molecule has 0 unspecified atom stereocenters. The standard InChI is InChI=1S/C21H25N3O3/c1-14(15-8-6-5-7-9-15)24-17-11-10-16(12-18(17)27-13-19(24)25)22-20(26)23-21(2,3)4/h5-12,14H,13H2,1-4H3,(H2,22,23,26)/t14-/m1/s1. The van der Waals surface area contributed by atoms with Crippen molar-refractivity contribution in [2.45, 2.75) is 39.3 Å². The Balaban J connectivity index is 1.84. The summed E-state index contributed by atoms with van der Waals surface area (Å²) in [6, 6.07) is 14.8. The number of benzene rings is 2. The van der Waals surface area contributed by atoms with E-state index in [1.807, 2.05) is 58.0 Å². The summed E-state index contributed by atoms with van der Waals surface area (Å²) >= 11 is 0. The first-order chi connectivity index (χ1) is 12.7. The molecule has 1 heterocycles. The van der Waals surface area contributed by atoms with Crippen molar-refractivity contribution in [3.05, 3.63) is 54.1 Å². The minimum absolute atomic E-state index is 0.0260. The van der Waals surface area contributed by atoms with Gasteiger partial charge in [0.15, 0.2) is 6.61 Å². The third kappa shape index (κ3) is 4.39. The molecule has 0 aliphatic carbocycles. The summed E-state index contributed by atoms with van der Waals surface area (Å²) in [5, 5.41) is 5.65. The third-order valence-electron chi connectivity index (χ3n) is 4.25. The molecule has 3 amide bonds. The molecule has 0 bridgehead atoms. The van der Waals surface area contributed by atoms with E-state index >= 15 is 0 Å². The molecule has 0 radical (unpaired) electrons. The molecule has 142 valence electrons.